The second-order valence-corrected chi connectivity index (χ2v) is 5.80. The first-order valence-electron chi connectivity index (χ1n) is 8.03. The molecule has 2 atom stereocenters. The van der Waals surface area contributed by atoms with E-state index < -0.39 is 24.3 Å². The topological polar surface area (TPSA) is 116 Å². The van der Waals surface area contributed by atoms with Crippen molar-refractivity contribution in [3.63, 3.8) is 0 Å². The molecule has 2 rings (SSSR count). The number of ether oxygens (including phenoxy) is 1. The van der Waals surface area contributed by atoms with Gasteiger partial charge in [-0.2, -0.15) is 0 Å². The number of amides is 1. The fourth-order valence-corrected chi connectivity index (χ4v) is 2.51. The summed E-state index contributed by atoms with van der Waals surface area (Å²) in [4.78, 5) is 23.1. The number of aromatic carboxylic acids is 1. The molecule has 0 spiro atoms. The average molecular weight is 359 g/mol. The van der Waals surface area contributed by atoms with Crippen molar-refractivity contribution in [2.24, 2.45) is 0 Å². The third-order valence-corrected chi connectivity index (χ3v) is 3.87. The Morgan fingerprint density at radius 2 is 1.77 bits per heavy atom. The first kappa shape index (κ1) is 19.4. The number of carboxylic acids is 1. The number of carbonyl (C=O) groups is 2. The van der Waals surface area contributed by atoms with Crippen LogP contribution in [0.15, 0.2) is 48.5 Å². The van der Waals surface area contributed by atoms with Crippen molar-refractivity contribution < 1.29 is 29.6 Å². The maximum Gasteiger partial charge on any atom is 0.407 e. The molecule has 0 aliphatic rings. The Morgan fingerprint density at radius 1 is 1.08 bits per heavy atom. The summed E-state index contributed by atoms with van der Waals surface area (Å²) in [6.45, 7) is 1.39. The van der Waals surface area contributed by atoms with Crippen LogP contribution < -0.4 is 5.32 Å². The van der Waals surface area contributed by atoms with Crippen molar-refractivity contribution in [2.75, 3.05) is 6.54 Å². The lowest BCUT2D eigenvalue weighted by Gasteiger charge is -2.21. The minimum Gasteiger partial charge on any atom is -0.478 e. The number of aliphatic hydroxyl groups excluding tert-OH is 2. The van der Waals surface area contributed by atoms with E-state index in [0.717, 1.165) is 5.56 Å². The Kier molecular flexibility index (Phi) is 6.71. The molecule has 7 heteroatoms. The number of hydrogen-bond donors (Lipinski definition) is 4. The molecule has 0 saturated carbocycles. The quantitative estimate of drug-likeness (QED) is 0.601. The second kappa shape index (κ2) is 8.98. The van der Waals surface area contributed by atoms with Crippen molar-refractivity contribution in [2.45, 2.75) is 25.7 Å². The summed E-state index contributed by atoms with van der Waals surface area (Å²) in [7, 11) is 0. The van der Waals surface area contributed by atoms with E-state index in [0.29, 0.717) is 5.56 Å². The van der Waals surface area contributed by atoms with Gasteiger partial charge in [0.05, 0.1) is 5.56 Å². The standard InChI is InChI=1S/C19H21NO6/c1-12-6-5-9-14(16(12)18(23)24)17(22)15(21)10-20-19(25)26-11-13-7-3-2-4-8-13/h2-9,15,17,21-22H,10-11H2,1H3,(H,20,25)(H,23,24). The summed E-state index contributed by atoms with van der Waals surface area (Å²) in [6.07, 6.45) is -3.60. The van der Waals surface area contributed by atoms with Crippen molar-refractivity contribution >= 4 is 12.1 Å². The van der Waals surface area contributed by atoms with E-state index >= 15 is 0 Å². The van der Waals surface area contributed by atoms with Gasteiger partial charge in [0.1, 0.15) is 18.8 Å². The molecule has 0 heterocycles. The summed E-state index contributed by atoms with van der Waals surface area (Å²) in [6, 6.07) is 13.7. The zero-order valence-electron chi connectivity index (χ0n) is 14.3. The lowest BCUT2D eigenvalue weighted by Crippen LogP contribution is -2.36. The largest absolute Gasteiger partial charge is 0.478 e. The van der Waals surface area contributed by atoms with E-state index in [2.05, 4.69) is 5.32 Å². The van der Waals surface area contributed by atoms with Crippen LogP contribution in [0.5, 0.6) is 0 Å². The van der Waals surface area contributed by atoms with Crippen molar-refractivity contribution in [1.29, 1.82) is 0 Å². The molecule has 0 aliphatic carbocycles. The van der Waals surface area contributed by atoms with Gasteiger partial charge in [0, 0.05) is 6.54 Å². The van der Waals surface area contributed by atoms with Crippen LogP contribution in [0.4, 0.5) is 4.79 Å². The highest BCUT2D eigenvalue weighted by atomic mass is 16.5. The summed E-state index contributed by atoms with van der Waals surface area (Å²) < 4.78 is 5.01. The number of aliphatic hydroxyl groups is 2. The van der Waals surface area contributed by atoms with Crippen LogP contribution in [0.2, 0.25) is 0 Å². The first-order chi connectivity index (χ1) is 12.4. The molecule has 2 aromatic carbocycles. The van der Waals surface area contributed by atoms with Gasteiger partial charge in [-0.15, -0.1) is 0 Å². The zero-order chi connectivity index (χ0) is 19.1. The van der Waals surface area contributed by atoms with Crippen LogP contribution in [-0.4, -0.2) is 40.0 Å². The molecular weight excluding hydrogens is 338 g/mol. The Hall–Kier alpha value is -2.90. The third kappa shape index (κ3) is 5.05. The predicted octanol–water partition coefficient (Wildman–Crippen LogP) is 2.01. The molecule has 0 saturated heterocycles. The molecule has 4 N–H and O–H groups in total. The number of benzene rings is 2. The smallest absolute Gasteiger partial charge is 0.407 e. The maximum atomic E-state index is 11.7. The summed E-state index contributed by atoms with van der Waals surface area (Å²) in [5.41, 5.74) is 1.31. The molecule has 26 heavy (non-hydrogen) atoms. The zero-order valence-corrected chi connectivity index (χ0v) is 14.3. The van der Waals surface area contributed by atoms with E-state index in [4.69, 9.17) is 4.74 Å². The van der Waals surface area contributed by atoms with Gasteiger partial charge in [-0.3, -0.25) is 0 Å². The lowest BCUT2D eigenvalue weighted by molar-refractivity contribution is 0.0173. The van der Waals surface area contributed by atoms with Gasteiger partial charge in [0.25, 0.3) is 0 Å². The fraction of sp³-hybridized carbons (Fsp3) is 0.263. The van der Waals surface area contributed by atoms with Crippen LogP contribution in [0.25, 0.3) is 0 Å². The predicted molar refractivity (Wildman–Crippen MR) is 93.7 cm³/mol. The summed E-state index contributed by atoms with van der Waals surface area (Å²) >= 11 is 0. The number of alkyl carbamates (subject to hydrolysis) is 1. The molecular formula is C19H21NO6. The van der Waals surface area contributed by atoms with Crippen LogP contribution in [-0.2, 0) is 11.3 Å². The minimum atomic E-state index is -1.46. The highest BCUT2D eigenvalue weighted by Gasteiger charge is 2.25. The molecule has 0 aromatic heterocycles. The highest BCUT2D eigenvalue weighted by Crippen LogP contribution is 2.24. The number of carboxylic acid groups (broad SMARTS) is 1. The van der Waals surface area contributed by atoms with E-state index in [-0.39, 0.29) is 24.3 Å². The Morgan fingerprint density at radius 3 is 2.42 bits per heavy atom. The van der Waals surface area contributed by atoms with Crippen LogP contribution in [0.3, 0.4) is 0 Å². The molecule has 0 radical (unpaired) electrons. The van der Waals surface area contributed by atoms with Gasteiger partial charge in [-0.1, -0.05) is 48.5 Å². The van der Waals surface area contributed by atoms with Crippen molar-refractivity contribution in [1.82, 2.24) is 5.32 Å². The van der Waals surface area contributed by atoms with E-state index in [1.165, 1.54) is 6.07 Å². The number of nitrogens with one attached hydrogen (secondary N) is 1. The summed E-state index contributed by atoms with van der Waals surface area (Å²) in [5, 5.41) is 32.0. The van der Waals surface area contributed by atoms with Crippen LogP contribution in [0.1, 0.15) is 33.2 Å². The summed E-state index contributed by atoms with van der Waals surface area (Å²) in [5.74, 6) is -1.19. The van der Waals surface area contributed by atoms with E-state index in [9.17, 15) is 24.9 Å². The first-order valence-corrected chi connectivity index (χ1v) is 8.03. The lowest BCUT2D eigenvalue weighted by atomic mass is 9.95. The van der Waals surface area contributed by atoms with Gasteiger partial charge in [0.15, 0.2) is 0 Å². The highest BCUT2D eigenvalue weighted by molar-refractivity contribution is 5.91. The second-order valence-electron chi connectivity index (χ2n) is 5.80. The molecule has 2 aromatic rings. The van der Waals surface area contributed by atoms with Crippen molar-refractivity contribution in [3.05, 3.63) is 70.8 Å². The van der Waals surface area contributed by atoms with Gasteiger partial charge in [-0.25, -0.2) is 9.59 Å². The van der Waals surface area contributed by atoms with E-state index in [1.807, 2.05) is 18.2 Å². The Balaban J connectivity index is 1.91. The number of carbonyl (C=O) groups excluding carboxylic acids is 1. The molecule has 0 aliphatic heterocycles. The van der Waals surface area contributed by atoms with Gasteiger partial charge in [0.2, 0.25) is 0 Å². The minimum absolute atomic E-state index is 0.0642. The van der Waals surface area contributed by atoms with Crippen molar-refractivity contribution in [3.8, 4) is 0 Å². The third-order valence-electron chi connectivity index (χ3n) is 3.87. The fourth-order valence-electron chi connectivity index (χ4n) is 2.51. The van der Waals surface area contributed by atoms with Gasteiger partial charge >= 0.3 is 12.1 Å². The normalized spacial score (nSPS) is 12.9. The maximum absolute atomic E-state index is 11.7. The number of hydrogen-bond acceptors (Lipinski definition) is 5. The molecule has 2 unspecified atom stereocenters. The number of aryl methyl sites for hydroxylation is 1. The molecule has 138 valence electrons. The van der Waals surface area contributed by atoms with Gasteiger partial charge < -0.3 is 25.4 Å². The Labute approximate surface area is 150 Å². The van der Waals surface area contributed by atoms with Crippen LogP contribution >= 0.6 is 0 Å². The SMILES string of the molecule is Cc1cccc(C(O)C(O)CNC(=O)OCc2ccccc2)c1C(=O)O. The van der Waals surface area contributed by atoms with Crippen LogP contribution in [0, 0.1) is 6.92 Å². The Bertz CT molecular complexity index is 762. The average Bonchev–Trinajstić information content (AvgIpc) is 2.64. The molecule has 7 nitrogen and oxygen atoms in total. The van der Waals surface area contributed by atoms with Gasteiger partial charge in [-0.05, 0) is 23.6 Å². The molecule has 1 amide bonds. The number of rotatable bonds is 7. The molecule has 0 fully saturated rings. The molecule has 0 bridgehead atoms. The monoisotopic (exact) mass is 359 g/mol. The van der Waals surface area contributed by atoms with E-state index in [1.54, 1.807) is 31.2 Å².